The third kappa shape index (κ3) is 4.16. The lowest BCUT2D eigenvalue weighted by Gasteiger charge is -2.46. The first-order valence-corrected chi connectivity index (χ1v) is 12.4. The molecule has 4 aromatic rings. The van der Waals surface area contributed by atoms with E-state index in [1.807, 2.05) is 53.4 Å². The molecule has 1 amide bonds. The zero-order chi connectivity index (χ0) is 23.9. The molecule has 7 heteroatoms. The van der Waals surface area contributed by atoms with Crippen LogP contribution < -0.4 is 9.64 Å². The summed E-state index contributed by atoms with van der Waals surface area (Å²) in [5.74, 6) is 2.36. The van der Waals surface area contributed by atoms with Crippen LogP contribution in [0.15, 0.2) is 65.8 Å². The Morgan fingerprint density at radius 3 is 2.76 bits per heavy atom. The van der Waals surface area contributed by atoms with Crippen LogP contribution in [0, 0.1) is 0 Å². The molecule has 3 heterocycles. The molecule has 0 saturated heterocycles. The molecule has 34 heavy (non-hydrogen) atoms. The highest BCUT2D eigenvalue weighted by molar-refractivity contribution is 7.99. The molecule has 2 aromatic carbocycles. The Balaban J connectivity index is 1.32. The second-order valence-corrected chi connectivity index (χ2v) is 10.3. The smallest absolute Gasteiger partial charge is 0.237 e. The minimum absolute atomic E-state index is 0.0801. The van der Waals surface area contributed by atoms with Crippen LogP contribution in [0.4, 0.5) is 5.69 Å². The number of aromatic nitrogens is 3. The molecule has 2 aromatic heterocycles. The molecule has 1 aliphatic heterocycles. The van der Waals surface area contributed by atoms with Gasteiger partial charge < -0.3 is 14.6 Å². The Morgan fingerprint density at radius 1 is 1.21 bits per heavy atom. The van der Waals surface area contributed by atoms with Gasteiger partial charge >= 0.3 is 0 Å². The van der Waals surface area contributed by atoms with Gasteiger partial charge in [-0.05, 0) is 74.2 Å². The third-order valence-corrected chi connectivity index (χ3v) is 7.34. The van der Waals surface area contributed by atoms with Crippen LogP contribution in [0.25, 0.3) is 22.4 Å². The summed E-state index contributed by atoms with van der Waals surface area (Å²) in [5.41, 5.74) is 4.71. The lowest BCUT2D eigenvalue weighted by atomic mass is 9.80. The maximum absolute atomic E-state index is 13.4. The fourth-order valence-corrected chi connectivity index (χ4v) is 5.59. The number of para-hydroxylation sites is 2. The van der Waals surface area contributed by atoms with E-state index in [1.165, 1.54) is 11.8 Å². The number of fused-ring (bicyclic) bond motifs is 2. The molecule has 1 aliphatic rings. The molecule has 0 unspecified atom stereocenters. The van der Waals surface area contributed by atoms with Crippen LogP contribution in [0.5, 0.6) is 5.75 Å². The highest BCUT2D eigenvalue weighted by Crippen LogP contribution is 2.45. The van der Waals surface area contributed by atoms with Crippen molar-refractivity contribution in [2.45, 2.75) is 43.7 Å². The summed E-state index contributed by atoms with van der Waals surface area (Å²) in [4.78, 5) is 27.9. The molecule has 174 valence electrons. The minimum Gasteiger partial charge on any atom is -0.497 e. The van der Waals surface area contributed by atoms with E-state index < -0.39 is 0 Å². The van der Waals surface area contributed by atoms with Gasteiger partial charge in [0.2, 0.25) is 5.91 Å². The molecule has 6 nitrogen and oxygen atoms in total. The molecular formula is C27H28N4O2S. The molecule has 0 radical (unpaired) electrons. The highest BCUT2D eigenvalue weighted by atomic mass is 32.2. The van der Waals surface area contributed by atoms with Gasteiger partial charge in [-0.2, -0.15) is 0 Å². The number of rotatable bonds is 5. The van der Waals surface area contributed by atoms with Crippen molar-refractivity contribution in [2.75, 3.05) is 17.8 Å². The first kappa shape index (κ1) is 22.5. The number of H-pyrrole nitrogens is 1. The van der Waals surface area contributed by atoms with Crippen molar-refractivity contribution in [3.8, 4) is 17.1 Å². The number of imidazole rings is 1. The zero-order valence-electron chi connectivity index (χ0n) is 19.8. The first-order valence-electron chi connectivity index (χ1n) is 11.4. The average molecular weight is 473 g/mol. The summed E-state index contributed by atoms with van der Waals surface area (Å²) in [6.45, 7) is 6.49. The summed E-state index contributed by atoms with van der Waals surface area (Å²) in [6.07, 6.45) is 2.70. The number of anilines is 1. The van der Waals surface area contributed by atoms with E-state index >= 15 is 0 Å². The number of carbonyl (C=O) groups excluding carboxylic acids is 1. The number of ether oxygens (including phenoxy) is 1. The van der Waals surface area contributed by atoms with Gasteiger partial charge in [-0.3, -0.25) is 4.79 Å². The average Bonchev–Trinajstić information content (AvgIpc) is 3.27. The van der Waals surface area contributed by atoms with Crippen molar-refractivity contribution in [1.29, 1.82) is 0 Å². The number of aromatic amines is 1. The zero-order valence-corrected chi connectivity index (χ0v) is 20.6. The Kier molecular flexibility index (Phi) is 5.81. The molecular weight excluding hydrogens is 444 g/mol. The van der Waals surface area contributed by atoms with Gasteiger partial charge in [-0.1, -0.05) is 30.8 Å². The molecule has 1 atom stereocenters. The predicted molar refractivity (Wildman–Crippen MR) is 138 cm³/mol. The van der Waals surface area contributed by atoms with Crippen LogP contribution in [-0.4, -0.2) is 39.3 Å². The summed E-state index contributed by atoms with van der Waals surface area (Å²) in [6, 6.07) is 17.9. The number of hydrogen-bond acceptors (Lipinski definition) is 5. The van der Waals surface area contributed by atoms with Crippen molar-refractivity contribution >= 4 is 34.4 Å². The van der Waals surface area contributed by atoms with Crippen LogP contribution >= 0.6 is 11.8 Å². The Morgan fingerprint density at radius 2 is 2.03 bits per heavy atom. The van der Waals surface area contributed by atoms with E-state index in [1.54, 1.807) is 13.3 Å². The lowest BCUT2D eigenvalue weighted by Crippen LogP contribution is -2.52. The molecule has 5 rings (SSSR count). The number of hydrogen-bond donors (Lipinski definition) is 1. The van der Waals surface area contributed by atoms with Gasteiger partial charge in [-0.25, -0.2) is 9.97 Å². The summed E-state index contributed by atoms with van der Waals surface area (Å²) >= 11 is 1.46. The van der Waals surface area contributed by atoms with Crippen molar-refractivity contribution in [3.05, 3.63) is 66.4 Å². The van der Waals surface area contributed by atoms with Gasteiger partial charge in [0.15, 0.2) is 0 Å². The molecule has 0 bridgehead atoms. The number of thioether (sulfide) groups is 1. The number of nitrogens with one attached hydrogen (secondary N) is 1. The SMILES string of the molecule is COc1ccc2c(c1)[C@H](C)CC(C)(C)N2C(=O)CSc1ccc(-c2nc3ccccc3[nH]2)cn1. The quantitative estimate of drug-likeness (QED) is 0.358. The number of methoxy groups -OCH3 is 1. The van der Waals surface area contributed by atoms with Gasteiger partial charge in [-0.15, -0.1) is 0 Å². The van der Waals surface area contributed by atoms with E-state index in [-0.39, 0.29) is 11.4 Å². The topological polar surface area (TPSA) is 71.1 Å². The Labute approximate surface area is 203 Å². The van der Waals surface area contributed by atoms with Gasteiger partial charge in [0.1, 0.15) is 11.6 Å². The molecule has 0 aliphatic carbocycles. The van der Waals surface area contributed by atoms with Crippen molar-refractivity contribution in [2.24, 2.45) is 0 Å². The Hall–Kier alpha value is -3.32. The number of nitrogens with zero attached hydrogens (tertiary/aromatic N) is 3. The van der Waals surface area contributed by atoms with E-state index in [0.29, 0.717) is 11.7 Å². The fraction of sp³-hybridized carbons (Fsp3) is 0.296. The number of amides is 1. The van der Waals surface area contributed by atoms with E-state index in [4.69, 9.17) is 4.74 Å². The maximum atomic E-state index is 13.4. The fourth-order valence-electron chi connectivity index (χ4n) is 4.90. The molecule has 0 saturated carbocycles. The standard InChI is InChI=1S/C27H28N4O2S/c1-17-14-27(2,3)31(23-11-10-19(33-4)13-20(17)23)25(32)16-34-24-12-9-18(15-28-24)26-29-21-7-5-6-8-22(21)30-26/h5-13,15,17H,14,16H2,1-4H3,(H,29,30)/t17-/m1/s1. The number of pyridine rings is 1. The van der Waals surface area contributed by atoms with Crippen LogP contribution in [0.1, 0.15) is 38.7 Å². The third-order valence-electron chi connectivity index (χ3n) is 6.41. The summed E-state index contributed by atoms with van der Waals surface area (Å²) < 4.78 is 5.42. The van der Waals surface area contributed by atoms with Crippen LogP contribution in [0.3, 0.4) is 0 Å². The largest absolute Gasteiger partial charge is 0.497 e. The van der Waals surface area contributed by atoms with E-state index in [2.05, 4.69) is 41.8 Å². The van der Waals surface area contributed by atoms with Gasteiger partial charge in [0.25, 0.3) is 0 Å². The van der Waals surface area contributed by atoms with Crippen molar-refractivity contribution in [1.82, 2.24) is 15.0 Å². The minimum atomic E-state index is -0.267. The van der Waals surface area contributed by atoms with Crippen LogP contribution in [0.2, 0.25) is 0 Å². The predicted octanol–water partition coefficient (Wildman–Crippen LogP) is 6.04. The van der Waals surface area contributed by atoms with Gasteiger partial charge in [0, 0.05) is 23.0 Å². The van der Waals surface area contributed by atoms with Crippen LogP contribution in [-0.2, 0) is 4.79 Å². The summed E-state index contributed by atoms with van der Waals surface area (Å²) in [5, 5.41) is 0.811. The van der Waals surface area contributed by atoms with Crippen molar-refractivity contribution in [3.63, 3.8) is 0 Å². The van der Waals surface area contributed by atoms with E-state index in [0.717, 1.165) is 50.9 Å². The second kappa shape index (κ2) is 8.80. The normalized spacial score (nSPS) is 16.9. The number of carbonyl (C=O) groups is 1. The maximum Gasteiger partial charge on any atom is 0.237 e. The lowest BCUT2D eigenvalue weighted by molar-refractivity contribution is -0.117. The highest BCUT2D eigenvalue weighted by Gasteiger charge is 2.39. The monoisotopic (exact) mass is 472 g/mol. The molecule has 0 spiro atoms. The first-order chi connectivity index (χ1) is 16.4. The molecule has 0 fully saturated rings. The van der Waals surface area contributed by atoms with Crippen molar-refractivity contribution < 1.29 is 9.53 Å². The van der Waals surface area contributed by atoms with E-state index in [9.17, 15) is 4.79 Å². The summed E-state index contributed by atoms with van der Waals surface area (Å²) in [7, 11) is 1.67. The number of benzene rings is 2. The second-order valence-electron chi connectivity index (χ2n) is 9.35. The molecule has 1 N–H and O–H groups in total. The van der Waals surface area contributed by atoms with Gasteiger partial charge in [0.05, 0.1) is 28.9 Å². The Bertz CT molecular complexity index is 1310.